The summed E-state index contributed by atoms with van der Waals surface area (Å²) in [5.41, 5.74) is 0. The van der Waals surface area contributed by atoms with Crippen LogP contribution in [0.5, 0.6) is 0 Å². The Bertz CT molecular complexity index is 1000. The number of hydrogen-bond donors (Lipinski definition) is 1. The monoisotopic (exact) mass is 491 g/mol. The molecule has 3 rings (SSSR count). The Kier molecular flexibility index (Phi) is 7.68. The first-order valence-electron chi connectivity index (χ1n) is 11.1. The van der Waals surface area contributed by atoms with Crippen molar-refractivity contribution in [1.29, 1.82) is 0 Å². The number of amides is 1. The molecule has 33 heavy (non-hydrogen) atoms. The van der Waals surface area contributed by atoms with E-state index in [0.29, 0.717) is 6.42 Å². The number of carbonyl (C=O) groups is 1. The van der Waals surface area contributed by atoms with Gasteiger partial charge in [0.05, 0.1) is 25.0 Å². The lowest BCUT2D eigenvalue weighted by Crippen LogP contribution is -2.67. The van der Waals surface area contributed by atoms with Crippen LogP contribution in [0.3, 0.4) is 0 Å². The SMILES string of the molecule is CC(C)(C)[Si](OC[C@@H]1C[C@H](OS(C)(=O)=O)CCN1C(=O)O)(c1ccccc1)c1ccccc1. The first kappa shape index (κ1) is 25.4. The van der Waals surface area contributed by atoms with Crippen LogP contribution in [-0.2, 0) is 18.7 Å². The average Bonchev–Trinajstić information content (AvgIpc) is 2.73. The highest BCUT2D eigenvalue weighted by atomic mass is 32.2. The van der Waals surface area contributed by atoms with Gasteiger partial charge in [-0.15, -0.1) is 0 Å². The third kappa shape index (κ3) is 5.84. The van der Waals surface area contributed by atoms with Crippen molar-refractivity contribution < 1.29 is 26.9 Å². The Hall–Kier alpha value is -2.20. The lowest BCUT2D eigenvalue weighted by Gasteiger charge is -2.45. The van der Waals surface area contributed by atoms with Crippen LogP contribution in [0.2, 0.25) is 5.04 Å². The molecule has 0 aromatic heterocycles. The van der Waals surface area contributed by atoms with E-state index in [1.807, 2.05) is 36.4 Å². The van der Waals surface area contributed by atoms with Crippen LogP contribution in [0.15, 0.2) is 60.7 Å². The van der Waals surface area contributed by atoms with Gasteiger partial charge in [-0.25, -0.2) is 4.79 Å². The Morgan fingerprint density at radius 1 is 1.06 bits per heavy atom. The summed E-state index contributed by atoms with van der Waals surface area (Å²) in [5.74, 6) is 0. The van der Waals surface area contributed by atoms with Crippen LogP contribution >= 0.6 is 0 Å². The zero-order valence-electron chi connectivity index (χ0n) is 19.6. The second-order valence-corrected chi connectivity index (χ2v) is 15.5. The second-order valence-electron chi connectivity index (χ2n) is 9.55. The summed E-state index contributed by atoms with van der Waals surface area (Å²) in [5, 5.41) is 11.7. The first-order valence-corrected chi connectivity index (χ1v) is 14.8. The van der Waals surface area contributed by atoms with Crippen LogP contribution in [0.1, 0.15) is 33.6 Å². The third-order valence-electron chi connectivity index (χ3n) is 6.13. The van der Waals surface area contributed by atoms with Gasteiger partial charge in [0, 0.05) is 6.54 Å². The van der Waals surface area contributed by atoms with Gasteiger partial charge in [-0.3, -0.25) is 4.18 Å². The summed E-state index contributed by atoms with van der Waals surface area (Å²) in [6.45, 7) is 6.83. The predicted octanol–water partition coefficient (Wildman–Crippen LogP) is 3.05. The van der Waals surface area contributed by atoms with Crippen molar-refractivity contribution in [3.63, 3.8) is 0 Å². The van der Waals surface area contributed by atoms with Crippen LogP contribution in [0.25, 0.3) is 0 Å². The van der Waals surface area contributed by atoms with Gasteiger partial charge in [-0.05, 0) is 28.3 Å². The number of carboxylic acid groups (broad SMARTS) is 1. The number of piperidine rings is 1. The average molecular weight is 492 g/mol. The zero-order chi connectivity index (χ0) is 24.3. The maximum Gasteiger partial charge on any atom is 0.407 e. The van der Waals surface area contributed by atoms with Gasteiger partial charge in [0.15, 0.2) is 0 Å². The minimum Gasteiger partial charge on any atom is -0.465 e. The fourth-order valence-electron chi connectivity index (χ4n) is 4.74. The molecule has 1 saturated heterocycles. The van der Waals surface area contributed by atoms with E-state index in [1.54, 1.807) is 0 Å². The van der Waals surface area contributed by atoms with Crippen LogP contribution < -0.4 is 10.4 Å². The highest BCUT2D eigenvalue weighted by molar-refractivity contribution is 7.86. The van der Waals surface area contributed by atoms with Crippen LogP contribution in [-0.4, -0.2) is 64.4 Å². The molecule has 1 aliphatic rings. The fraction of sp³-hybridized carbons (Fsp3) is 0.458. The molecule has 1 N–H and O–H groups in total. The summed E-state index contributed by atoms with van der Waals surface area (Å²) >= 11 is 0. The second kappa shape index (κ2) is 9.96. The van der Waals surface area contributed by atoms with Crippen molar-refractivity contribution >= 4 is 34.9 Å². The van der Waals surface area contributed by atoms with Crippen LogP contribution in [0, 0.1) is 0 Å². The van der Waals surface area contributed by atoms with Gasteiger partial charge in [-0.1, -0.05) is 81.4 Å². The molecule has 0 saturated carbocycles. The Morgan fingerprint density at radius 2 is 1.58 bits per heavy atom. The van der Waals surface area contributed by atoms with Gasteiger partial charge in [-0.2, -0.15) is 8.42 Å². The molecule has 1 heterocycles. The first-order chi connectivity index (χ1) is 15.4. The predicted molar refractivity (Wildman–Crippen MR) is 131 cm³/mol. The van der Waals surface area contributed by atoms with Crippen molar-refractivity contribution in [2.24, 2.45) is 0 Å². The van der Waals surface area contributed by atoms with Gasteiger partial charge in [0.1, 0.15) is 0 Å². The zero-order valence-corrected chi connectivity index (χ0v) is 21.4. The molecule has 2 aromatic rings. The van der Waals surface area contributed by atoms with E-state index in [1.165, 1.54) is 4.90 Å². The van der Waals surface area contributed by atoms with E-state index in [2.05, 4.69) is 45.0 Å². The number of nitrogens with zero attached hydrogens (tertiary/aromatic N) is 1. The molecule has 2 atom stereocenters. The van der Waals surface area contributed by atoms with E-state index in [9.17, 15) is 18.3 Å². The van der Waals surface area contributed by atoms with E-state index >= 15 is 0 Å². The quantitative estimate of drug-likeness (QED) is 0.473. The van der Waals surface area contributed by atoms with Crippen molar-refractivity contribution in [2.45, 2.75) is 50.8 Å². The molecular formula is C24H33NO6SSi. The summed E-state index contributed by atoms with van der Waals surface area (Å²) in [6, 6.07) is 19.7. The minimum absolute atomic E-state index is 0.156. The van der Waals surface area contributed by atoms with E-state index in [4.69, 9.17) is 8.61 Å². The van der Waals surface area contributed by atoms with Gasteiger partial charge in [0.2, 0.25) is 0 Å². The molecule has 0 aliphatic carbocycles. The van der Waals surface area contributed by atoms with Crippen molar-refractivity contribution in [2.75, 3.05) is 19.4 Å². The molecule has 0 spiro atoms. The highest BCUT2D eigenvalue weighted by Crippen LogP contribution is 2.37. The molecule has 9 heteroatoms. The molecule has 1 fully saturated rings. The normalized spacial score (nSPS) is 19.9. The summed E-state index contributed by atoms with van der Waals surface area (Å²) in [6.07, 6.45) is 0.00378. The molecule has 1 aliphatic heterocycles. The van der Waals surface area contributed by atoms with Crippen LogP contribution in [0.4, 0.5) is 4.79 Å². The lowest BCUT2D eigenvalue weighted by atomic mass is 10.0. The Balaban J connectivity index is 1.99. The van der Waals surface area contributed by atoms with Crippen molar-refractivity contribution in [3.8, 4) is 0 Å². The largest absolute Gasteiger partial charge is 0.465 e. The maximum atomic E-state index is 11.9. The smallest absolute Gasteiger partial charge is 0.407 e. The topological polar surface area (TPSA) is 93.1 Å². The van der Waals surface area contributed by atoms with Gasteiger partial charge in [0.25, 0.3) is 18.4 Å². The fourth-order valence-corrected chi connectivity index (χ4v) is 10.0. The number of likely N-dealkylation sites (tertiary alicyclic amines) is 1. The molecule has 1 amide bonds. The molecule has 180 valence electrons. The molecule has 7 nitrogen and oxygen atoms in total. The van der Waals surface area contributed by atoms with Gasteiger partial charge >= 0.3 is 6.09 Å². The lowest BCUT2D eigenvalue weighted by molar-refractivity contribution is 0.0372. The number of hydrogen-bond acceptors (Lipinski definition) is 5. The van der Waals surface area contributed by atoms with Gasteiger partial charge < -0.3 is 14.4 Å². The Morgan fingerprint density at radius 3 is 2.00 bits per heavy atom. The van der Waals surface area contributed by atoms with E-state index < -0.39 is 36.7 Å². The number of benzene rings is 2. The van der Waals surface area contributed by atoms with E-state index in [-0.39, 0.29) is 24.6 Å². The molecular weight excluding hydrogens is 458 g/mol. The minimum atomic E-state index is -3.64. The molecule has 0 radical (unpaired) electrons. The molecule has 0 bridgehead atoms. The third-order valence-corrected chi connectivity index (χ3v) is 11.8. The molecule has 2 aromatic carbocycles. The maximum absolute atomic E-state index is 11.9. The summed E-state index contributed by atoms with van der Waals surface area (Å²) < 4.78 is 35.4. The highest BCUT2D eigenvalue weighted by Gasteiger charge is 2.51. The summed E-state index contributed by atoms with van der Waals surface area (Å²) in [4.78, 5) is 13.3. The standard InChI is InChI=1S/C24H33NO6SSi/c1-24(2,3)33(21-11-7-5-8-12-21,22-13-9-6-10-14-22)30-18-19-17-20(31-32(4,28)29)15-16-25(19)23(26)27/h5-14,19-20H,15-18H2,1-4H3,(H,26,27)/t19-,20+/m0/s1. The number of rotatable bonds is 7. The van der Waals surface area contributed by atoms with Crippen molar-refractivity contribution in [1.82, 2.24) is 4.90 Å². The molecule has 0 unspecified atom stereocenters. The van der Waals surface area contributed by atoms with E-state index in [0.717, 1.165) is 16.6 Å². The van der Waals surface area contributed by atoms with Crippen molar-refractivity contribution in [3.05, 3.63) is 60.7 Å². The summed E-state index contributed by atoms with van der Waals surface area (Å²) in [7, 11) is -6.48. The Labute approximate surface area is 197 Å².